The summed E-state index contributed by atoms with van der Waals surface area (Å²) in [6, 6.07) is 6.31. The lowest BCUT2D eigenvalue weighted by molar-refractivity contribution is -0.119. The third kappa shape index (κ3) is 3.29. The van der Waals surface area contributed by atoms with Gasteiger partial charge < -0.3 is 0 Å². The number of sulfonamides is 1. The van der Waals surface area contributed by atoms with Gasteiger partial charge in [0.15, 0.2) is 0 Å². The van der Waals surface area contributed by atoms with Crippen molar-refractivity contribution < 1.29 is 13.2 Å². The Hall–Kier alpha value is -0.920. The molecule has 0 fully saturated rings. The summed E-state index contributed by atoms with van der Waals surface area (Å²) >= 11 is 3.11. The van der Waals surface area contributed by atoms with Gasteiger partial charge in [-0.25, -0.2) is 8.42 Å². The number of benzene rings is 1. The van der Waals surface area contributed by atoms with Gasteiger partial charge in [0.1, 0.15) is 0 Å². The van der Waals surface area contributed by atoms with Gasteiger partial charge in [0, 0.05) is 11.4 Å². The average Bonchev–Trinajstić information content (AvgIpc) is 2.15. The molecule has 0 spiro atoms. The first kappa shape index (κ1) is 12.2. The number of hydrazine groups is 1. The molecule has 5 nitrogen and oxygen atoms in total. The molecule has 1 amide bonds. The van der Waals surface area contributed by atoms with Crippen molar-refractivity contribution in [2.75, 3.05) is 0 Å². The lowest BCUT2D eigenvalue weighted by atomic mass is 10.4. The number of hydrogen-bond donors (Lipinski definition) is 2. The van der Waals surface area contributed by atoms with E-state index >= 15 is 0 Å². The summed E-state index contributed by atoms with van der Waals surface area (Å²) in [5.74, 6) is -0.481. The minimum Gasteiger partial charge on any atom is -0.278 e. The molecule has 1 aromatic carbocycles. The van der Waals surface area contributed by atoms with Crippen LogP contribution in [0.15, 0.2) is 33.6 Å². The SMILES string of the molecule is CC(=O)NNS(=O)(=O)c1ccccc1Br. The minimum atomic E-state index is -3.71. The van der Waals surface area contributed by atoms with Crippen molar-refractivity contribution in [2.45, 2.75) is 11.8 Å². The number of carbonyl (C=O) groups is 1. The molecule has 0 saturated heterocycles. The number of carbonyl (C=O) groups excluding carboxylic acids is 1. The highest BCUT2D eigenvalue weighted by atomic mass is 79.9. The van der Waals surface area contributed by atoms with E-state index in [1.165, 1.54) is 13.0 Å². The van der Waals surface area contributed by atoms with Crippen LogP contribution in [-0.4, -0.2) is 14.3 Å². The first-order chi connectivity index (χ1) is 6.93. The molecule has 15 heavy (non-hydrogen) atoms. The number of halogens is 1. The lowest BCUT2D eigenvalue weighted by Gasteiger charge is -2.07. The third-order valence-electron chi connectivity index (χ3n) is 1.49. The highest BCUT2D eigenvalue weighted by Gasteiger charge is 2.16. The van der Waals surface area contributed by atoms with Crippen LogP contribution in [0, 0.1) is 0 Å². The fraction of sp³-hybridized carbons (Fsp3) is 0.125. The van der Waals surface area contributed by atoms with E-state index in [2.05, 4.69) is 15.9 Å². The second-order valence-electron chi connectivity index (χ2n) is 2.72. The van der Waals surface area contributed by atoms with Crippen LogP contribution in [0.3, 0.4) is 0 Å². The summed E-state index contributed by atoms with van der Waals surface area (Å²) in [4.78, 5) is 12.6. The largest absolute Gasteiger partial charge is 0.278 e. The predicted molar refractivity (Wildman–Crippen MR) is 58.3 cm³/mol. The second-order valence-corrected chi connectivity index (χ2v) is 5.22. The molecule has 0 bridgehead atoms. The van der Waals surface area contributed by atoms with Gasteiger partial charge in [0.05, 0.1) is 4.90 Å². The smallest absolute Gasteiger partial charge is 0.258 e. The summed E-state index contributed by atoms with van der Waals surface area (Å²) in [5, 5.41) is 0. The average molecular weight is 293 g/mol. The summed E-state index contributed by atoms with van der Waals surface area (Å²) in [6.45, 7) is 1.21. The van der Waals surface area contributed by atoms with Gasteiger partial charge in [-0.05, 0) is 28.1 Å². The maximum absolute atomic E-state index is 11.6. The van der Waals surface area contributed by atoms with Crippen LogP contribution in [-0.2, 0) is 14.8 Å². The van der Waals surface area contributed by atoms with Crippen LogP contribution in [0.1, 0.15) is 6.92 Å². The molecule has 1 aromatic rings. The van der Waals surface area contributed by atoms with Gasteiger partial charge in [-0.3, -0.25) is 10.2 Å². The van der Waals surface area contributed by atoms with E-state index in [1.54, 1.807) is 18.2 Å². The van der Waals surface area contributed by atoms with Crippen LogP contribution >= 0.6 is 15.9 Å². The molecule has 2 N–H and O–H groups in total. The van der Waals surface area contributed by atoms with Crippen LogP contribution < -0.4 is 10.3 Å². The summed E-state index contributed by atoms with van der Waals surface area (Å²) in [7, 11) is -3.71. The zero-order valence-corrected chi connectivity index (χ0v) is 10.2. The van der Waals surface area contributed by atoms with Crippen molar-refractivity contribution in [1.29, 1.82) is 0 Å². The molecule has 0 heterocycles. The predicted octanol–water partition coefficient (Wildman–Crippen LogP) is 0.778. The topological polar surface area (TPSA) is 75.3 Å². The minimum absolute atomic E-state index is 0.0683. The van der Waals surface area contributed by atoms with E-state index in [0.29, 0.717) is 4.47 Å². The van der Waals surface area contributed by atoms with Gasteiger partial charge in [-0.2, -0.15) is 0 Å². The van der Waals surface area contributed by atoms with Crippen LogP contribution in [0.4, 0.5) is 0 Å². The van der Waals surface area contributed by atoms with Crippen LogP contribution in [0.25, 0.3) is 0 Å². The Morgan fingerprint density at radius 1 is 1.33 bits per heavy atom. The molecule has 0 unspecified atom stereocenters. The summed E-state index contributed by atoms with van der Waals surface area (Å²) in [5.41, 5.74) is 2.01. The Bertz CT molecular complexity index is 473. The molecule has 0 radical (unpaired) electrons. The normalized spacial score (nSPS) is 11.1. The van der Waals surface area contributed by atoms with Crippen molar-refractivity contribution in [3.8, 4) is 0 Å². The maximum atomic E-state index is 11.6. The number of amides is 1. The van der Waals surface area contributed by atoms with Crippen LogP contribution in [0.5, 0.6) is 0 Å². The Morgan fingerprint density at radius 3 is 2.47 bits per heavy atom. The Morgan fingerprint density at radius 2 is 1.93 bits per heavy atom. The van der Waals surface area contributed by atoms with Gasteiger partial charge in [-0.1, -0.05) is 12.1 Å². The zero-order chi connectivity index (χ0) is 11.5. The number of rotatable bonds is 3. The van der Waals surface area contributed by atoms with Crippen molar-refractivity contribution in [3.05, 3.63) is 28.7 Å². The molecule has 0 aliphatic carbocycles. The van der Waals surface area contributed by atoms with Crippen LogP contribution in [0.2, 0.25) is 0 Å². The van der Waals surface area contributed by atoms with E-state index in [9.17, 15) is 13.2 Å². The van der Waals surface area contributed by atoms with E-state index < -0.39 is 15.9 Å². The fourth-order valence-corrected chi connectivity index (χ4v) is 2.75. The first-order valence-electron chi connectivity index (χ1n) is 3.96. The van der Waals surface area contributed by atoms with Crippen molar-refractivity contribution in [1.82, 2.24) is 10.3 Å². The highest BCUT2D eigenvalue weighted by Crippen LogP contribution is 2.20. The monoisotopic (exact) mass is 292 g/mol. The van der Waals surface area contributed by atoms with E-state index in [4.69, 9.17) is 0 Å². The molecule has 0 aliphatic rings. The highest BCUT2D eigenvalue weighted by molar-refractivity contribution is 9.10. The lowest BCUT2D eigenvalue weighted by Crippen LogP contribution is -2.40. The molecule has 1 rings (SSSR count). The molecular formula is C8H9BrN2O3S. The van der Waals surface area contributed by atoms with E-state index in [1.807, 2.05) is 10.3 Å². The molecule has 0 aromatic heterocycles. The summed E-state index contributed by atoms with van der Waals surface area (Å²) < 4.78 is 23.6. The molecule has 0 saturated carbocycles. The molecular weight excluding hydrogens is 284 g/mol. The molecule has 0 aliphatic heterocycles. The van der Waals surface area contributed by atoms with Gasteiger partial charge in [0.25, 0.3) is 10.0 Å². The Labute approximate surface area is 96.0 Å². The van der Waals surface area contributed by atoms with Crippen molar-refractivity contribution in [2.24, 2.45) is 0 Å². The van der Waals surface area contributed by atoms with Crippen molar-refractivity contribution >= 4 is 31.9 Å². The van der Waals surface area contributed by atoms with E-state index in [-0.39, 0.29) is 4.90 Å². The van der Waals surface area contributed by atoms with E-state index in [0.717, 1.165) is 0 Å². The maximum Gasteiger partial charge on any atom is 0.258 e. The second kappa shape index (κ2) is 4.73. The summed E-state index contributed by atoms with van der Waals surface area (Å²) in [6.07, 6.45) is 0. The third-order valence-corrected chi connectivity index (χ3v) is 3.75. The molecule has 0 atom stereocenters. The zero-order valence-electron chi connectivity index (χ0n) is 7.82. The number of nitrogens with one attached hydrogen (secondary N) is 2. The quantitative estimate of drug-likeness (QED) is 0.809. The van der Waals surface area contributed by atoms with Gasteiger partial charge >= 0.3 is 0 Å². The fourth-order valence-electron chi connectivity index (χ4n) is 0.857. The van der Waals surface area contributed by atoms with Gasteiger partial charge in [-0.15, -0.1) is 4.83 Å². The van der Waals surface area contributed by atoms with Gasteiger partial charge in [0.2, 0.25) is 5.91 Å². The first-order valence-corrected chi connectivity index (χ1v) is 6.24. The standard InChI is InChI=1S/C8H9BrN2O3S/c1-6(12)10-11-15(13,14)8-5-3-2-4-7(8)9/h2-5,11H,1H3,(H,10,12). The van der Waals surface area contributed by atoms with Crippen molar-refractivity contribution in [3.63, 3.8) is 0 Å². The number of hydrogen-bond acceptors (Lipinski definition) is 3. The molecule has 7 heteroatoms. The Balaban J connectivity index is 2.97. The Kier molecular flexibility index (Phi) is 3.83. The molecule has 82 valence electrons.